The first-order chi connectivity index (χ1) is 8.04. The van der Waals surface area contributed by atoms with Gasteiger partial charge < -0.3 is 5.32 Å². The van der Waals surface area contributed by atoms with E-state index in [0.717, 1.165) is 19.3 Å². The van der Waals surface area contributed by atoms with Gasteiger partial charge in [0.15, 0.2) is 14.9 Å². The second kappa shape index (κ2) is 4.16. The lowest BCUT2D eigenvalue weighted by molar-refractivity contribution is 0.234. The van der Waals surface area contributed by atoms with Gasteiger partial charge in [-0.3, -0.25) is 0 Å². The first-order valence-electron chi connectivity index (χ1n) is 5.93. The first-order valence-corrected chi connectivity index (χ1v) is 9.60. The van der Waals surface area contributed by atoms with E-state index in [1.807, 2.05) is 13.8 Å². The van der Waals surface area contributed by atoms with Crippen LogP contribution in [0.25, 0.3) is 0 Å². The summed E-state index contributed by atoms with van der Waals surface area (Å²) in [6.45, 7) is 5.78. The molecule has 0 bridgehead atoms. The second-order valence-corrected chi connectivity index (χ2v) is 10.3. The van der Waals surface area contributed by atoms with E-state index >= 15 is 0 Å². The van der Waals surface area contributed by atoms with E-state index in [4.69, 9.17) is 0 Å². The molecule has 2 atom stereocenters. The van der Waals surface area contributed by atoms with Gasteiger partial charge in [0.1, 0.15) is 0 Å². The lowest BCUT2D eigenvalue weighted by Crippen LogP contribution is -2.49. The van der Waals surface area contributed by atoms with Gasteiger partial charge in [-0.25, -0.2) is 16.8 Å². The van der Waals surface area contributed by atoms with Crippen LogP contribution < -0.4 is 5.32 Å². The number of nitrogens with zero attached hydrogens (tertiary/aromatic N) is 1. The topological polar surface area (TPSA) is 83.6 Å². The molecule has 0 saturated carbocycles. The Balaban J connectivity index is 2.30. The van der Waals surface area contributed by atoms with Crippen molar-refractivity contribution in [3.8, 4) is 0 Å². The number of sulfonamides is 1. The summed E-state index contributed by atoms with van der Waals surface area (Å²) in [5.41, 5.74) is -0.516. The van der Waals surface area contributed by atoms with Crippen LogP contribution in [0.1, 0.15) is 13.8 Å². The van der Waals surface area contributed by atoms with Gasteiger partial charge in [0.25, 0.3) is 0 Å². The van der Waals surface area contributed by atoms with Crippen molar-refractivity contribution < 1.29 is 16.8 Å². The van der Waals surface area contributed by atoms with Crippen molar-refractivity contribution in [3.05, 3.63) is 0 Å². The maximum Gasteiger partial charge on any atom is 0.229 e. The average molecular weight is 296 g/mol. The SMILES string of the molecule is CC1(C)C2CNCC2CN1S(=O)(=O)CS(C)(=O)=O. The number of nitrogens with one attached hydrogen (secondary N) is 1. The van der Waals surface area contributed by atoms with E-state index in [-0.39, 0.29) is 11.8 Å². The van der Waals surface area contributed by atoms with Crippen molar-refractivity contribution in [3.63, 3.8) is 0 Å². The van der Waals surface area contributed by atoms with Crippen LogP contribution in [-0.4, -0.2) is 57.7 Å². The molecule has 106 valence electrons. The quantitative estimate of drug-likeness (QED) is 0.741. The molecule has 2 heterocycles. The third kappa shape index (κ3) is 2.43. The standard InChI is InChI=1S/C10H20N2O4S2/c1-10(2)9-5-11-4-8(9)6-12(10)18(15,16)7-17(3,13)14/h8-9,11H,4-7H2,1-3H3. The predicted octanol–water partition coefficient (Wildman–Crippen LogP) is -0.752. The Kier molecular flexibility index (Phi) is 3.29. The Bertz CT molecular complexity index is 538. The largest absolute Gasteiger partial charge is 0.316 e. The highest BCUT2D eigenvalue weighted by atomic mass is 32.3. The molecule has 0 radical (unpaired) electrons. The van der Waals surface area contributed by atoms with Gasteiger partial charge in [0, 0.05) is 24.9 Å². The zero-order chi connectivity index (χ0) is 13.8. The van der Waals surface area contributed by atoms with Crippen LogP contribution in [0.4, 0.5) is 0 Å². The maximum atomic E-state index is 12.2. The summed E-state index contributed by atoms with van der Waals surface area (Å²) < 4.78 is 48.3. The van der Waals surface area contributed by atoms with Gasteiger partial charge in [-0.15, -0.1) is 0 Å². The van der Waals surface area contributed by atoms with Crippen molar-refractivity contribution in [1.82, 2.24) is 9.62 Å². The van der Waals surface area contributed by atoms with Crippen LogP contribution in [-0.2, 0) is 19.9 Å². The van der Waals surface area contributed by atoms with Crippen molar-refractivity contribution in [1.29, 1.82) is 0 Å². The first kappa shape index (κ1) is 14.2. The van der Waals surface area contributed by atoms with Gasteiger partial charge in [-0.1, -0.05) is 0 Å². The summed E-state index contributed by atoms with van der Waals surface area (Å²) in [7, 11) is -7.29. The van der Waals surface area contributed by atoms with Crippen LogP contribution in [0.5, 0.6) is 0 Å². The fraction of sp³-hybridized carbons (Fsp3) is 1.00. The Hall–Kier alpha value is -0.180. The number of fused-ring (bicyclic) bond motifs is 1. The molecule has 2 aliphatic rings. The molecule has 0 spiro atoms. The number of rotatable bonds is 3. The zero-order valence-corrected chi connectivity index (χ0v) is 12.5. The molecule has 0 aromatic carbocycles. The second-order valence-electron chi connectivity index (χ2n) is 5.87. The number of hydrogen-bond donors (Lipinski definition) is 1. The minimum absolute atomic E-state index is 0.256. The van der Waals surface area contributed by atoms with Gasteiger partial charge in [-0.2, -0.15) is 4.31 Å². The minimum Gasteiger partial charge on any atom is -0.316 e. The normalized spacial score (nSPS) is 32.6. The lowest BCUT2D eigenvalue weighted by atomic mass is 9.85. The third-order valence-corrected chi connectivity index (χ3v) is 8.18. The molecular weight excluding hydrogens is 276 g/mol. The summed E-state index contributed by atoms with van der Waals surface area (Å²) >= 11 is 0. The number of hydrogen-bond acceptors (Lipinski definition) is 5. The molecule has 2 fully saturated rings. The Morgan fingerprint density at radius 2 is 1.83 bits per heavy atom. The van der Waals surface area contributed by atoms with Crippen LogP contribution >= 0.6 is 0 Å². The summed E-state index contributed by atoms with van der Waals surface area (Å²) in [4.78, 5) is 0. The van der Waals surface area contributed by atoms with Gasteiger partial charge in [0.05, 0.1) is 0 Å². The highest BCUT2D eigenvalue weighted by molar-refractivity contribution is 8.06. The molecule has 2 saturated heterocycles. The third-order valence-electron chi connectivity index (χ3n) is 3.99. The summed E-state index contributed by atoms with van der Waals surface area (Å²) in [6, 6.07) is 0. The van der Waals surface area contributed by atoms with Crippen molar-refractivity contribution in [2.24, 2.45) is 11.8 Å². The van der Waals surface area contributed by atoms with Gasteiger partial charge >= 0.3 is 0 Å². The highest BCUT2D eigenvalue weighted by Gasteiger charge is 2.54. The van der Waals surface area contributed by atoms with E-state index in [1.165, 1.54) is 4.31 Å². The molecule has 0 aromatic heterocycles. The fourth-order valence-corrected chi connectivity index (χ4v) is 7.14. The smallest absolute Gasteiger partial charge is 0.229 e. The van der Waals surface area contributed by atoms with Crippen molar-refractivity contribution in [2.75, 3.05) is 31.0 Å². The van der Waals surface area contributed by atoms with E-state index in [9.17, 15) is 16.8 Å². The molecule has 0 aliphatic carbocycles. The Morgan fingerprint density at radius 1 is 1.22 bits per heavy atom. The molecule has 2 aliphatic heterocycles. The molecule has 0 amide bonds. The molecule has 1 N–H and O–H groups in total. The maximum absolute atomic E-state index is 12.2. The Labute approximate surface area is 109 Å². The molecule has 2 rings (SSSR count). The van der Waals surface area contributed by atoms with Crippen molar-refractivity contribution in [2.45, 2.75) is 19.4 Å². The highest BCUT2D eigenvalue weighted by Crippen LogP contribution is 2.42. The van der Waals surface area contributed by atoms with Crippen molar-refractivity contribution >= 4 is 19.9 Å². The number of sulfone groups is 1. The lowest BCUT2D eigenvalue weighted by Gasteiger charge is -2.34. The van der Waals surface area contributed by atoms with Gasteiger partial charge in [0.2, 0.25) is 10.0 Å². The van der Waals surface area contributed by atoms with E-state index in [1.54, 1.807) is 0 Å². The fourth-order valence-electron chi connectivity index (χ4n) is 3.19. The van der Waals surface area contributed by atoms with E-state index in [0.29, 0.717) is 6.54 Å². The molecule has 8 heteroatoms. The predicted molar refractivity (Wildman–Crippen MR) is 69.3 cm³/mol. The average Bonchev–Trinajstić information content (AvgIpc) is 2.64. The van der Waals surface area contributed by atoms with Crippen LogP contribution in [0.3, 0.4) is 0 Å². The molecule has 6 nitrogen and oxygen atoms in total. The van der Waals surface area contributed by atoms with E-state index in [2.05, 4.69) is 5.32 Å². The molecular formula is C10H20N2O4S2. The molecule has 2 unspecified atom stereocenters. The molecule has 0 aromatic rings. The van der Waals surface area contributed by atoms with Crippen LogP contribution in [0.15, 0.2) is 0 Å². The minimum atomic E-state index is -3.75. The summed E-state index contributed by atoms with van der Waals surface area (Å²) in [6.07, 6.45) is 0.954. The van der Waals surface area contributed by atoms with Crippen LogP contribution in [0, 0.1) is 11.8 Å². The van der Waals surface area contributed by atoms with E-state index < -0.39 is 30.5 Å². The van der Waals surface area contributed by atoms with Crippen LogP contribution in [0.2, 0.25) is 0 Å². The summed E-state index contributed by atoms with van der Waals surface area (Å²) in [5.74, 6) is 0.543. The van der Waals surface area contributed by atoms with Gasteiger partial charge in [-0.05, 0) is 32.2 Å². The Morgan fingerprint density at radius 3 is 2.33 bits per heavy atom. The molecule has 18 heavy (non-hydrogen) atoms. The zero-order valence-electron chi connectivity index (χ0n) is 10.9. The summed E-state index contributed by atoms with van der Waals surface area (Å²) in [5, 5.41) is 2.47. The monoisotopic (exact) mass is 296 g/mol.